The number of thiazole rings is 1. The molecule has 0 aromatic carbocycles. The van der Waals surface area contributed by atoms with Crippen molar-refractivity contribution in [3.05, 3.63) is 26.3 Å². The number of nitrogens with zero attached hydrogens (tertiary/aromatic N) is 3. The molecule has 0 N–H and O–H groups in total. The molecule has 2 aliphatic rings. The van der Waals surface area contributed by atoms with Crippen LogP contribution in [0.2, 0.25) is 4.34 Å². The maximum Gasteiger partial charge on any atom is 0.378 e. The van der Waals surface area contributed by atoms with Crippen LogP contribution in [0.25, 0.3) is 0 Å². The van der Waals surface area contributed by atoms with Crippen molar-refractivity contribution >= 4 is 85.9 Å². The van der Waals surface area contributed by atoms with Gasteiger partial charge in [0.25, 0.3) is 0 Å². The predicted molar refractivity (Wildman–Crippen MR) is 154 cm³/mol. The summed E-state index contributed by atoms with van der Waals surface area (Å²) >= 11 is 13.2. The van der Waals surface area contributed by atoms with Gasteiger partial charge in [0.15, 0.2) is 11.5 Å². The van der Waals surface area contributed by atoms with Gasteiger partial charge in [0, 0.05) is 23.8 Å². The highest BCUT2D eigenvalue weighted by molar-refractivity contribution is 7.16. The van der Waals surface area contributed by atoms with Crippen LogP contribution in [0.5, 0.6) is 0 Å². The first kappa shape index (κ1) is 34.5. The molecule has 228 valence electrons. The van der Waals surface area contributed by atoms with Crippen LogP contribution in [0.15, 0.2) is 16.4 Å². The van der Waals surface area contributed by atoms with Gasteiger partial charge in [0.05, 0.1) is 18.9 Å². The maximum absolute atomic E-state index is 13.6. The zero-order valence-corrected chi connectivity index (χ0v) is 26.2. The van der Waals surface area contributed by atoms with Crippen LogP contribution in [0.4, 0.5) is 0 Å². The van der Waals surface area contributed by atoms with E-state index in [-0.39, 0.29) is 45.2 Å². The highest BCUT2D eigenvalue weighted by atomic mass is 35.5. The number of fused-ring (bicyclic) bond motifs is 1. The Bertz CT molecular complexity index is 1360. The number of hydrogen-bond donors (Lipinski definition) is 0. The highest BCUT2D eigenvalue weighted by Crippen LogP contribution is 2.39. The average Bonchev–Trinajstić information content (AvgIpc) is 3.29. The number of carbonyl (C=O) groups excluding carboxylic acids is 5. The number of β-lactam (4-membered cyclic amide) rings is 1. The van der Waals surface area contributed by atoms with Crippen LogP contribution in [0.1, 0.15) is 51.7 Å². The molecule has 13 nitrogen and oxygen atoms in total. The number of ketones is 1. The zero-order chi connectivity index (χ0) is 32.2. The number of oxime groups is 1. The van der Waals surface area contributed by atoms with Crippen LogP contribution < -0.4 is 0 Å². The maximum atomic E-state index is 13.6. The molecule has 0 aliphatic carbocycles. The molecular formula is C25H27B2Cl2N3O10S. The van der Waals surface area contributed by atoms with E-state index in [9.17, 15) is 24.0 Å². The van der Waals surface area contributed by atoms with E-state index in [2.05, 4.69) is 19.4 Å². The van der Waals surface area contributed by atoms with Gasteiger partial charge in [0.2, 0.25) is 12.0 Å². The lowest BCUT2D eigenvalue weighted by atomic mass is 9.86. The molecule has 1 saturated heterocycles. The van der Waals surface area contributed by atoms with Gasteiger partial charge in [-0.05, 0) is 20.8 Å². The fourth-order valence-electron chi connectivity index (χ4n) is 4.17. The van der Waals surface area contributed by atoms with Gasteiger partial charge in [-0.3, -0.25) is 19.3 Å². The van der Waals surface area contributed by atoms with Gasteiger partial charge in [0.1, 0.15) is 32.6 Å². The number of esters is 1. The van der Waals surface area contributed by atoms with E-state index in [0.29, 0.717) is 0 Å². The third-order valence-corrected chi connectivity index (χ3v) is 7.65. The second-order valence-corrected chi connectivity index (χ2v) is 12.7. The number of rotatable bonds is 12. The fourth-order valence-corrected chi connectivity index (χ4v) is 5.54. The minimum atomic E-state index is -1.31. The minimum Gasteiger partial charge on any atom is -0.541 e. The Morgan fingerprint density at radius 1 is 1.21 bits per heavy atom. The lowest BCUT2D eigenvalue weighted by molar-refractivity contribution is -0.193. The summed E-state index contributed by atoms with van der Waals surface area (Å²) in [4.78, 5) is 74.2. The molecule has 1 aromatic rings. The molecule has 0 saturated carbocycles. The second kappa shape index (κ2) is 14.2. The molecule has 0 unspecified atom stereocenters. The lowest BCUT2D eigenvalue weighted by Gasteiger charge is -2.49. The minimum absolute atomic E-state index is 0.0186. The standard InChI is InChI=1S/C25H27B2Cl2N3O10S/c1-10(2)19(24(37)41-27)42-31-16(17-20(29)43-14(30-17)7-15(34)39-25(3,4)5)13(33)6-12-21(35)32-18(23(36)40-26)11(8-28)9-38-22(12)32/h10,12,19,22H,6-9H2,1-5H3/b31-16+/t12-,19+,22-/m1/s1. The van der Waals surface area contributed by atoms with E-state index in [1.165, 1.54) is 0 Å². The third-order valence-electron chi connectivity index (χ3n) is 6.07. The van der Waals surface area contributed by atoms with Gasteiger partial charge in [-0.1, -0.05) is 30.6 Å². The molecule has 1 aromatic heterocycles. The first-order valence-electron chi connectivity index (χ1n) is 12.8. The summed E-state index contributed by atoms with van der Waals surface area (Å²) in [5, 5.41) is 4.10. The number of Topliss-reactive ketones (excluding diaryl/α,β-unsaturated/α-hetero) is 1. The van der Waals surface area contributed by atoms with Crippen LogP contribution in [0, 0.1) is 11.8 Å². The number of alkyl halides is 1. The molecular weight excluding hydrogens is 627 g/mol. The molecule has 0 bridgehead atoms. The molecule has 3 heterocycles. The summed E-state index contributed by atoms with van der Waals surface area (Å²) in [6, 6.07) is 0. The van der Waals surface area contributed by atoms with Gasteiger partial charge in [-0.25, -0.2) is 14.6 Å². The van der Waals surface area contributed by atoms with Crippen molar-refractivity contribution in [2.45, 2.75) is 65.4 Å². The van der Waals surface area contributed by atoms with Crippen molar-refractivity contribution < 1.29 is 47.6 Å². The van der Waals surface area contributed by atoms with Crippen molar-refractivity contribution in [3.63, 3.8) is 0 Å². The normalized spacial score (nSPS) is 19.4. The average molecular weight is 654 g/mol. The second-order valence-electron chi connectivity index (χ2n) is 10.8. The quantitative estimate of drug-likeness (QED) is 0.0810. The van der Waals surface area contributed by atoms with Crippen LogP contribution in [0.3, 0.4) is 0 Å². The van der Waals surface area contributed by atoms with E-state index in [4.69, 9.17) is 53.6 Å². The number of hydrogen-bond acceptors (Lipinski definition) is 13. The number of carbonyl (C=O) groups is 5. The third kappa shape index (κ3) is 7.97. The largest absolute Gasteiger partial charge is 0.541 e. The molecule has 18 heteroatoms. The summed E-state index contributed by atoms with van der Waals surface area (Å²) in [5.74, 6) is -5.59. The Morgan fingerprint density at radius 2 is 1.88 bits per heavy atom. The fraction of sp³-hybridized carbons (Fsp3) is 0.560. The predicted octanol–water partition coefficient (Wildman–Crippen LogP) is 1.95. The smallest absolute Gasteiger partial charge is 0.378 e. The Labute approximate surface area is 264 Å². The lowest BCUT2D eigenvalue weighted by Crippen LogP contribution is -2.65. The molecule has 43 heavy (non-hydrogen) atoms. The van der Waals surface area contributed by atoms with Crippen LogP contribution >= 0.6 is 34.5 Å². The molecule has 1 amide bonds. The Balaban J connectivity index is 1.92. The summed E-state index contributed by atoms with van der Waals surface area (Å²) in [6.45, 7) is 8.26. The SMILES string of the molecule is [B]OC(=O)C1=C(CCl)CO[C@@H]2[C@H](CC(=O)/C(=N\O[C@H](C(=O)O[B])C(C)C)c3nc(CC(=O)OC(C)(C)C)sc3Cl)C(=O)N12. The number of halogens is 2. The van der Waals surface area contributed by atoms with Crippen molar-refractivity contribution in [2.75, 3.05) is 12.5 Å². The van der Waals surface area contributed by atoms with Crippen LogP contribution in [-0.2, 0) is 54.0 Å². The molecule has 1 fully saturated rings. The Morgan fingerprint density at radius 3 is 2.44 bits per heavy atom. The van der Waals surface area contributed by atoms with Crippen molar-refractivity contribution in [3.8, 4) is 0 Å². The van der Waals surface area contributed by atoms with E-state index in [1.54, 1.807) is 34.6 Å². The number of ether oxygens (including phenoxy) is 2. The van der Waals surface area contributed by atoms with Crippen molar-refractivity contribution in [2.24, 2.45) is 17.0 Å². The monoisotopic (exact) mass is 653 g/mol. The van der Waals surface area contributed by atoms with Gasteiger partial charge in [-0.15, -0.1) is 22.9 Å². The summed E-state index contributed by atoms with van der Waals surface area (Å²) < 4.78 is 19.6. The van der Waals surface area contributed by atoms with E-state index in [0.717, 1.165) is 16.2 Å². The number of aromatic nitrogens is 1. The first-order chi connectivity index (χ1) is 20.1. The molecule has 3 atom stereocenters. The molecule has 4 radical (unpaired) electrons. The summed E-state index contributed by atoms with van der Waals surface area (Å²) in [6.07, 6.45) is -3.05. The molecule has 2 aliphatic heterocycles. The van der Waals surface area contributed by atoms with E-state index >= 15 is 0 Å². The summed E-state index contributed by atoms with van der Waals surface area (Å²) in [5.41, 5.74) is -1.21. The molecule has 0 spiro atoms. The van der Waals surface area contributed by atoms with Crippen molar-refractivity contribution in [1.82, 2.24) is 9.88 Å². The summed E-state index contributed by atoms with van der Waals surface area (Å²) in [7, 11) is 10.0. The van der Waals surface area contributed by atoms with Crippen LogP contribution in [-0.4, -0.2) is 91.7 Å². The van der Waals surface area contributed by atoms with Gasteiger partial charge < -0.3 is 23.6 Å². The Kier molecular flexibility index (Phi) is 11.4. The topological polar surface area (TPSA) is 160 Å². The van der Waals surface area contributed by atoms with Gasteiger partial charge >= 0.3 is 34.0 Å². The number of amides is 1. The van der Waals surface area contributed by atoms with E-state index < -0.39 is 71.5 Å². The van der Waals surface area contributed by atoms with Crippen molar-refractivity contribution in [1.29, 1.82) is 0 Å². The molecule has 3 rings (SSSR count). The Hall–Kier alpha value is -2.94. The van der Waals surface area contributed by atoms with E-state index in [1.807, 2.05) is 0 Å². The first-order valence-corrected chi connectivity index (χ1v) is 14.5. The highest BCUT2D eigenvalue weighted by Gasteiger charge is 2.55. The van der Waals surface area contributed by atoms with Gasteiger partial charge in [-0.2, -0.15) is 0 Å². The zero-order valence-electron chi connectivity index (χ0n) is 23.9.